The molecule has 0 amide bonds. The van der Waals surface area contributed by atoms with Crippen LogP contribution in [0.2, 0.25) is 0 Å². The Bertz CT molecular complexity index is 412. The van der Waals surface area contributed by atoms with Gasteiger partial charge in [-0.1, -0.05) is 30.3 Å². The molecule has 2 N–H and O–H groups in total. The molecule has 82 valence electrons. The third-order valence-electron chi connectivity index (χ3n) is 2.21. The molecule has 0 saturated heterocycles. The molecule has 0 aliphatic heterocycles. The van der Waals surface area contributed by atoms with E-state index < -0.39 is 10.2 Å². The third-order valence-corrected chi connectivity index (χ3v) is 3.38. The van der Waals surface area contributed by atoms with E-state index in [9.17, 15) is 8.42 Å². The van der Waals surface area contributed by atoms with Gasteiger partial charge in [0.25, 0.3) is 10.2 Å². The molecule has 2 rings (SSSR count). The van der Waals surface area contributed by atoms with Crippen LogP contribution in [0.15, 0.2) is 30.3 Å². The van der Waals surface area contributed by atoms with E-state index in [1.165, 1.54) is 0 Å². The van der Waals surface area contributed by atoms with Crippen LogP contribution in [-0.4, -0.2) is 14.5 Å². The van der Waals surface area contributed by atoms with Gasteiger partial charge < -0.3 is 0 Å². The SMILES string of the molecule is O=S(=O)(NCc1ccccc1)NC1CC1. The van der Waals surface area contributed by atoms with Gasteiger partial charge in [0.1, 0.15) is 0 Å². The van der Waals surface area contributed by atoms with Crippen molar-refractivity contribution in [1.29, 1.82) is 0 Å². The van der Waals surface area contributed by atoms with Crippen molar-refractivity contribution in [1.82, 2.24) is 9.44 Å². The number of hydrogen-bond donors (Lipinski definition) is 2. The monoisotopic (exact) mass is 226 g/mol. The molecule has 1 saturated carbocycles. The average Bonchev–Trinajstić information content (AvgIpc) is 3.00. The van der Waals surface area contributed by atoms with Crippen molar-refractivity contribution < 1.29 is 8.42 Å². The lowest BCUT2D eigenvalue weighted by Crippen LogP contribution is -2.37. The highest BCUT2D eigenvalue weighted by Gasteiger charge is 2.26. The number of benzene rings is 1. The molecule has 4 nitrogen and oxygen atoms in total. The molecule has 1 aromatic carbocycles. The van der Waals surface area contributed by atoms with Gasteiger partial charge in [0.05, 0.1) is 0 Å². The normalized spacial score (nSPS) is 16.5. The van der Waals surface area contributed by atoms with E-state index in [0.717, 1.165) is 18.4 Å². The lowest BCUT2D eigenvalue weighted by Gasteiger charge is -2.06. The molecule has 15 heavy (non-hydrogen) atoms. The Morgan fingerprint density at radius 2 is 1.87 bits per heavy atom. The largest absolute Gasteiger partial charge is 0.277 e. The first-order valence-corrected chi connectivity index (χ1v) is 6.45. The second kappa shape index (κ2) is 4.30. The number of nitrogens with one attached hydrogen (secondary N) is 2. The van der Waals surface area contributed by atoms with Crippen LogP contribution in [0.3, 0.4) is 0 Å². The molecule has 1 aromatic rings. The molecule has 5 heteroatoms. The first-order valence-electron chi connectivity index (χ1n) is 4.96. The van der Waals surface area contributed by atoms with Crippen molar-refractivity contribution in [3.05, 3.63) is 35.9 Å². The van der Waals surface area contributed by atoms with Crippen molar-refractivity contribution in [3.8, 4) is 0 Å². The first-order chi connectivity index (χ1) is 7.16. The van der Waals surface area contributed by atoms with Crippen molar-refractivity contribution in [2.24, 2.45) is 0 Å². The summed E-state index contributed by atoms with van der Waals surface area (Å²) in [6.07, 6.45) is 1.90. The second-order valence-corrected chi connectivity index (χ2v) is 5.23. The molecule has 0 aromatic heterocycles. The van der Waals surface area contributed by atoms with E-state index in [1.54, 1.807) is 0 Å². The zero-order valence-corrected chi connectivity index (χ0v) is 9.13. The Morgan fingerprint density at radius 3 is 2.47 bits per heavy atom. The van der Waals surface area contributed by atoms with Crippen molar-refractivity contribution in [2.75, 3.05) is 0 Å². The van der Waals surface area contributed by atoms with E-state index in [2.05, 4.69) is 9.44 Å². The molecule has 1 aliphatic carbocycles. The standard InChI is InChI=1S/C10H14N2O2S/c13-15(14,12-10-6-7-10)11-8-9-4-2-1-3-5-9/h1-5,10-12H,6-8H2. The van der Waals surface area contributed by atoms with Gasteiger partial charge in [0.2, 0.25) is 0 Å². The predicted octanol–water partition coefficient (Wildman–Crippen LogP) is 0.773. The lowest BCUT2D eigenvalue weighted by molar-refractivity contribution is 0.565. The second-order valence-electron chi connectivity index (χ2n) is 3.70. The summed E-state index contributed by atoms with van der Waals surface area (Å²) >= 11 is 0. The molecule has 0 bridgehead atoms. The third kappa shape index (κ3) is 3.62. The topological polar surface area (TPSA) is 58.2 Å². The van der Waals surface area contributed by atoms with Gasteiger partial charge in [-0.05, 0) is 18.4 Å². The molecule has 0 atom stereocenters. The van der Waals surface area contributed by atoms with Crippen LogP contribution in [0.1, 0.15) is 18.4 Å². The molecular formula is C10H14N2O2S. The Hall–Kier alpha value is -0.910. The minimum atomic E-state index is -3.32. The van der Waals surface area contributed by atoms with Crippen molar-refractivity contribution in [2.45, 2.75) is 25.4 Å². The van der Waals surface area contributed by atoms with E-state index in [1.807, 2.05) is 30.3 Å². The summed E-state index contributed by atoms with van der Waals surface area (Å²) < 4.78 is 27.9. The maximum absolute atomic E-state index is 11.4. The maximum atomic E-state index is 11.4. The van der Waals surface area contributed by atoms with Crippen LogP contribution in [0, 0.1) is 0 Å². The molecule has 0 unspecified atom stereocenters. The fourth-order valence-electron chi connectivity index (χ4n) is 1.24. The highest BCUT2D eigenvalue weighted by molar-refractivity contribution is 7.87. The van der Waals surface area contributed by atoms with E-state index in [-0.39, 0.29) is 6.04 Å². The smallest absolute Gasteiger partial charge is 0.199 e. The number of rotatable bonds is 5. The summed E-state index contributed by atoms with van der Waals surface area (Å²) in [7, 11) is -3.32. The average molecular weight is 226 g/mol. The zero-order valence-electron chi connectivity index (χ0n) is 8.31. The zero-order chi connectivity index (χ0) is 10.7. The fourth-order valence-corrected chi connectivity index (χ4v) is 2.35. The van der Waals surface area contributed by atoms with Crippen molar-refractivity contribution >= 4 is 10.2 Å². The van der Waals surface area contributed by atoms with E-state index >= 15 is 0 Å². The summed E-state index contributed by atoms with van der Waals surface area (Å²) in [6, 6.07) is 9.61. The molecule has 1 fully saturated rings. The van der Waals surface area contributed by atoms with Gasteiger partial charge in [-0.3, -0.25) is 0 Å². The summed E-state index contributed by atoms with van der Waals surface area (Å²) in [4.78, 5) is 0. The molecule has 0 spiro atoms. The highest BCUT2D eigenvalue weighted by atomic mass is 32.2. The Morgan fingerprint density at radius 1 is 1.20 bits per heavy atom. The van der Waals surface area contributed by atoms with Crippen molar-refractivity contribution in [3.63, 3.8) is 0 Å². The van der Waals surface area contributed by atoms with E-state index in [4.69, 9.17) is 0 Å². The van der Waals surface area contributed by atoms with Gasteiger partial charge in [-0.15, -0.1) is 0 Å². The predicted molar refractivity (Wildman–Crippen MR) is 58.4 cm³/mol. The van der Waals surface area contributed by atoms with Gasteiger partial charge in [-0.25, -0.2) is 0 Å². The Balaban J connectivity index is 1.86. The maximum Gasteiger partial charge on any atom is 0.277 e. The molecule has 1 aliphatic rings. The van der Waals surface area contributed by atoms with Crippen LogP contribution in [-0.2, 0) is 16.8 Å². The first kappa shape index (κ1) is 10.6. The van der Waals surface area contributed by atoms with Crippen LogP contribution < -0.4 is 9.44 Å². The summed E-state index contributed by atoms with van der Waals surface area (Å²) in [6.45, 7) is 0.336. The summed E-state index contributed by atoms with van der Waals surface area (Å²) in [5.41, 5.74) is 0.957. The fraction of sp³-hybridized carbons (Fsp3) is 0.400. The summed E-state index contributed by atoms with van der Waals surface area (Å²) in [5.74, 6) is 0. The van der Waals surface area contributed by atoms with Crippen LogP contribution >= 0.6 is 0 Å². The van der Waals surface area contributed by atoms with Gasteiger partial charge in [0.15, 0.2) is 0 Å². The van der Waals surface area contributed by atoms with Gasteiger partial charge in [0, 0.05) is 12.6 Å². The molecule has 0 radical (unpaired) electrons. The van der Waals surface area contributed by atoms with Crippen LogP contribution in [0.25, 0.3) is 0 Å². The van der Waals surface area contributed by atoms with E-state index in [0.29, 0.717) is 6.54 Å². The Labute approximate surface area is 89.9 Å². The highest BCUT2D eigenvalue weighted by Crippen LogP contribution is 2.19. The van der Waals surface area contributed by atoms with Crippen LogP contribution in [0.4, 0.5) is 0 Å². The number of hydrogen-bond acceptors (Lipinski definition) is 2. The lowest BCUT2D eigenvalue weighted by atomic mass is 10.2. The van der Waals surface area contributed by atoms with Gasteiger partial charge in [-0.2, -0.15) is 17.9 Å². The summed E-state index contributed by atoms with van der Waals surface area (Å²) in [5, 5.41) is 0. The minimum Gasteiger partial charge on any atom is -0.199 e. The van der Waals surface area contributed by atoms with Gasteiger partial charge >= 0.3 is 0 Å². The minimum absolute atomic E-state index is 0.151. The Kier molecular flexibility index (Phi) is 3.04. The molecular weight excluding hydrogens is 212 g/mol. The molecule has 0 heterocycles. The van der Waals surface area contributed by atoms with Crippen LogP contribution in [0.5, 0.6) is 0 Å². The quantitative estimate of drug-likeness (QED) is 0.779.